The van der Waals surface area contributed by atoms with E-state index in [4.69, 9.17) is 0 Å². The highest BCUT2D eigenvalue weighted by atomic mass is 32.2. The maximum atomic E-state index is 12.1. The third kappa shape index (κ3) is 2.70. The molecule has 0 atom stereocenters. The molecule has 0 fully saturated rings. The van der Waals surface area contributed by atoms with Crippen molar-refractivity contribution >= 4 is 15.7 Å². The molecular formula is C12H15N3O3S. The van der Waals surface area contributed by atoms with Crippen molar-refractivity contribution in [3.8, 4) is 5.75 Å². The molecule has 0 bridgehead atoms. The number of phenols is 1. The fraction of sp³-hybridized carbons (Fsp3) is 0.250. The first kappa shape index (κ1) is 13.4. The smallest absolute Gasteiger partial charge is 0.265 e. The Kier molecular flexibility index (Phi) is 3.23. The van der Waals surface area contributed by atoms with Crippen LogP contribution < -0.4 is 4.72 Å². The largest absolute Gasteiger partial charge is 0.505 e. The van der Waals surface area contributed by atoms with Gasteiger partial charge in [0.15, 0.2) is 0 Å². The first-order chi connectivity index (χ1) is 8.79. The zero-order valence-corrected chi connectivity index (χ0v) is 11.7. The van der Waals surface area contributed by atoms with Crippen LogP contribution >= 0.6 is 0 Å². The van der Waals surface area contributed by atoms with Crippen LogP contribution in [0.1, 0.15) is 11.1 Å². The highest BCUT2D eigenvalue weighted by Crippen LogP contribution is 2.30. The van der Waals surface area contributed by atoms with Gasteiger partial charge in [-0.1, -0.05) is 6.07 Å². The third-order valence-corrected chi connectivity index (χ3v) is 4.00. The molecule has 102 valence electrons. The number of sulfonamides is 1. The zero-order chi connectivity index (χ0) is 14.2. The molecule has 0 spiro atoms. The van der Waals surface area contributed by atoms with Gasteiger partial charge in [-0.05, 0) is 31.0 Å². The van der Waals surface area contributed by atoms with Crippen LogP contribution in [0.15, 0.2) is 29.4 Å². The summed E-state index contributed by atoms with van der Waals surface area (Å²) in [6.07, 6.45) is 2.64. The molecule has 0 saturated carbocycles. The Morgan fingerprint density at radius 2 is 2.00 bits per heavy atom. The molecule has 0 aliphatic heterocycles. The highest BCUT2D eigenvalue weighted by molar-refractivity contribution is 7.92. The monoisotopic (exact) mass is 281 g/mol. The lowest BCUT2D eigenvalue weighted by molar-refractivity contribution is 0.473. The van der Waals surface area contributed by atoms with E-state index in [0.717, 1.165) is 5.56 Å². The summed E-state index contributed by atoms with van der Waals surface area (Å²) < 4.78 is 28.0. The molecule has 1 aromatic carbocycles. The van der Waals surface area contributed by atoms with Crippen LogP contribution in [0.2, 0.25) is 0 Å². The lowest BCUT2D eigenvalue weighted by Crippen LogP contribution is -2.12. The Labute approximate surface area is 111 Å². The molecule has 0 amide bonds. The van der Waals surface area contributed by atoms with E-state index in [1.807, 2.05) is 6.92 Å². The Hall–Kier alpha value is -2.02. The quantitative estimate of drug-likeness (QED) is 0.836. The number of nitrogens with one attached hydrogen (secondary N) is 1. The molecule has 2 rings (SSSR count). The average Bonchev–Trinajstić information content (AvgIpc) is 2.72. The highest BCUT2D eigenvalue weighted by Gasteiger charge is 2.18. The van der Waals surface area contributed by atoms with E-state index >= 15 is 0 Å². The number of hydrogen-bond acceptors (Lipinski definition) is 4. The van der Waals surface area contributed by atoms with E-state index in [1.54, 1.807) is 26.1 Å². The van der Waals surface area contributed by atoms with Gasteiger partial charge in [0.1, 0.15) is 10.6 Å². The van der Waals surface area contributed by atoms with Gasteiger partial charge in [0.2, 0.25) is 0 Å². The first-order valence-electron chi connectivity index (χ1n) is 5.61. The van der Waals surface area contributed by atoms with Crippen molar-refractivity contribution in [3.05, 3.63) is 35.7 Å². The van der Waals surface area contributed by atoms with Crippen LogP contribution in [-0.4, -0.2) is 23.3 Å². The van der Waals surface area contributed by atoms with Crippen molar-refractivity contribution in [1.29, 1.82) is 0 Å². The minimum absolute atomic E-state index is 0.0496. The first-order valence-corrected chi connectivity index (χ1v) is 7.09. The van der Waals surface area contributed by atoms with Crippen LogP contribution in [0.3, 0.4) is 0 Å². The zero-order valence-electron chi connectivity index (χ0n) is 10.9. The van der Waals surface area contributed by atoms with Gasteiger partial charge in [0.25, 0.3) is 10.0 Å². The summed E-state index contributed by atoms with van der Waals surface area (Å²) in [4.78, 5) is 0.0496. The third-order valence-electron chi connectivity index (χ3n) is 2.68. The van der Waals surface area contributed by atoms with Crippen LogP contribution in [0.4, 0.5) is 5.69 Å². The summed E-state index contributed by atoms with van der Waals surface area (Å²) in [6.45, 7) is 3.54. The molecule has 19 heavy (non-hydrogen) atoms. The fourth-order valence-electron chi connectivity index (χ4n) is 1.78. The molecule has 0 aliphatic rings. The van der Waals surface area contributed by atoms with E-state index < -0.39 is 10.0 Å². The number of aromatic nitrogens is 2. The molecule has 2 N–H and O–H groups in total. The molecule has 6 nitrogen and oxygen atoms in total. The molecule has 2 aromatic rings. The lowest BCUT2D eigenvalue weighted by atomic mass is 10.1. The second-order valence-corrected chi connectivity index (χ2v) is 6.12. The molecule has 0 saturated heterocycles. The number of nitrogens with zero attached hydrogens (tertiary/aromatic N) is 2. The van der Waals surface area contributed by atoms with Crippen LogP contribution in [0, 0.1) is 13.8 Å². The Morgan fingerprint density at radius 3 is 2.58 bits per heavy atom. The predicted octanol–water partition coefficient (Wildman–Crippen LogP) is 1.54. The average molecular weight is 281 g/mol. The summed E-state index contributed by atoms with van der Waals surface area (Å²) in [5, 5.41) is 13.7. The summed E-state index contributed by atoms with van der Waals surface area (Å²) in [6, 6.07) is 3.35. The van der Waals surface area contributed by atoms with Crippen molar-refractivity contribution in [2.75, 3.05) is 4.72 Å². The second kappa shape index (κ2) is 4.58. The number of aromatic hydroxyl groups is 1. The van der Waals surface area contributed by atoms with Crippen molar-refractivity contribution in [2.24, 2.45) is 7.05 Å². The summed E-state index contributed by atoms with van der Waals surface area (Å²) in [7, 11) is -2.11. The van der Waals surface area contributed by atoms with Gasteiger partial charge in [0.05, 0.1) is 11.9 Å². The van der Waals surface area contributed by atoms with Crippen molar-refractivity contribution in [2.45, 2.75) is 18.7 Å². The number of anilines is 1. The molecule has 0 radical (unpaired) electrons. The van der Waals surface area contributed by atoms with E-state index in [-0.39, 0.29) is 16.3 Å². The number of rotatable bonds is 3. The lowest BCUT2D eigenvalue weighted by Gasteiger charge is -2.11. The van der Waals surface area contributed by atoms with E-state index in [2.05, 4.69) is 9.82 Å². The van der Waals surface area contributed by atoms with Crippen LogP contribution in [-0.2, 0) is 17.1 Å². The summed E-state index contributed by atoms with van der Waals surface area (Å²) >= 11 is 0. The fourth-order valence-corrected chi connectivity index (χ4v) is 2.82. The molecule has 7 heteroatoms. The van der Waals surface area contributed by atoms with E-state index in [9.17, 15) is 13.5 Å². The van der Waals surface area contributed by atoms with Crippen LogP contribution in [0.25, 0.3) is 0 Å². The van der Waals surface area contributed by atoms with Crippen molar-refractivity contribution in [3.63, 3.8) is 0 Å². The standard InChI is InChI=1S/C12H15N3O3S/c1-8-4-9(2)12(16)11(5-8)14-19(17,18)10-6-13-15(3)7-10/h4-7,14,16H,1-3H3. The van der Waals surface area contributed by atoms with Gasteiger partial charge < -0.3 is 5.11 Å². The molecular weight excluding hydrogens is 266 g/mol. The molecule has 0 unspecified atom stereocenters. The minimum atomic E-state index is -3.74. The number of phenolic OH excluding ortho intramolecular Hbond substituents is 1. The maximum Gasteiger partial charge on any atom is 0.265 e. The van der Waals surface area contributed by atoms with Gasteiger partial charge in [-0.25, -0.2) is 8.42 Å². The topological polar surface area (TPSA) is 84.2 Å². The number of hydrogen-bond donors (Lipinski definition) is 2. The molecule has 1 aromatic heterocycles. The Bertz CT molecular complexity index is 720. The van der Waals surface area contributed by atoms with Gasteiger partial charge in [-0.15, -0.1) is 0 Å². The number of benzene rings is 1. The van der Waals surface area contributed by atoms with E-state index in [1.165, 1.54) is 17.1 Å². The van der Waals surface area contributed by atoms with Crippen molar-refractivity contribution < 1.29 is 13.5 Å². The van der Waals surface area contributed by atoms with Gasteiger partial charge in [-0.2, -0.15) is 5.10 Å². The predicted molar refractivity (Wildman–Crippen MR) is 71.6 cm³/mol. The summed E-state index contributed by atoms with van der Waals surface area (Å²) in [5.74, 6) is -0.0712. The van der Waals surface area contributed by atoms with Gasteiger partial charge >= 0.3 is 0 Å². The Morgan fingerprint density at radius 1 is 1.32 bits per heavy atom. The summed E-state index contributed by atoms with van der Waals surface area (Å²) in [5.41, 5.74) is 1.64. The molecule has 0 aliphatic carbocycles. The Balaban J connectivity index is 2.41. The second-order valence-electron chi connectivity index (χ2n) is 4.43. The van der Waals surface area contributed by atoms with Gasteiger partial charge in [0, 0.05) is 13.2 Å². The van der Waals surface area contributed by atoms with Gasteiger partial charge in [-0.3, -0.25) is 9.40 Å². The van der Waals surface area contributed by atoms with Crippen LogP contribution in [0.5, 0.6) is 5.75 Å². The maximum absolute atomic E-state index is 12.1. The normalized spacial score (nSPS) is 11.5. The number of aryl methyl sites for hydroxylation is 3. The van der Waals surface area contributed by atoms with E-state index in [0.29, 0.717) is 5.56 Å². The minimum Gasteiger partial charge on any atom is -0.505 e. The van der Waals surface area contributed by atoms with Crippen molar-refractivity contribution in [1.82, 2.24) is 9.78 Å². The SMILES string of the molecule is Cc1cc(C)c(O)c(NS(=O)(=O)c2cnn(C)c2)c1. The molecule has 1 heterocycles.